The van der Waals surface area contributed by atoms with Crippen molar-refractivity contribution in [2.75, 3.05) is 7.11 Å². The summed E-state index contributed by atoms with van der Waals surface area (Å²) in [4.78, 5) is 4.56. The second-order valence-corrected chi connectivity index (χ2v) is 4.69. The van der Waals surface area contributed by atoms with Gasteiger partial charge in [0.1, 0.15) is 16.5 Å². The lowest BCUT2D eigenvalue weighted by Gasteiger charge is -2.07. The van der Waals surface area contributed by atoms with Crippen molar-refractivity contribution in [3.8, 4) is 17.0 Å². The molecule has 2 aromatic heterocycles. The Balaban J connectivity index is 2.34. The van der Waals surface area contributed by atoms with Gasteiger partial charge in [-0.3, -0.25) is 4.40 Å². The van der Waals surface area contributed by atoms with Crippen LogP contribution in [0.5, 0.6) is 5.75 Å². The van der Waals surface area contributed by atoms with E-state index in [0.29, 0.717) is 27.9 Å². The zero-order valence-electron chi connectivity index (χ0n) is 10.9. The zero-order chi connectivity index (χ0) is 14.1. The average molecular weight is 289 g/mol. The van der Waals surface area contributed by atoms with Crippen LogP contribution < -0.4 is 4.74 Å². The fraction of sp³-hybridized carbons (Fsp3) is 0.133. The number of fused-ring (bicyclic) bond motifs is 1. The molecule has 4 nitrogen and oxygen atoms in total. The number of rotatable bonds is 3. The SMILES string of the molecule is COc1ccccc1-c1nc2cccc(Cl)n2c1CO. The standard InChI is InChI=1S/C15H13ClN2O2/c1-20-12-6-3-2-5-10(12)15-11(9-19)18-13(16)7-4-8-14(18)17-15/h2-8,19H,9H2,1H3. The van der Waals surface area contributed by atoms with Crippen molar-refractivity contribution >= 4 is 17.2 Å². The Morgan fingerprint density at radius 2 is 2.00 bits per heavy atom. The summed E-state index contributed by atoms with van der Waals surface area (Å²) in [5.74, 6) is 0.710. The molecular weight excluding hydrogens is 276 g/mol. The predicted molar refractivity (Wildman–Crippen MR) is 78.1 cm³/mol. The van der Waals surface area contributed by atoms with Gasteiger partial charge in [0.2, 0.25) is 0 Å². The Kier molecular flexibility index (Phi) is 3.34. The zero-order valence-corrected chi connectivity index (χ0v) is 11.6. The van der Waals surface area contributed by atoms with Crippen molar-refractivity contribution in [1.82, 2.24) is 9.38 Å². The lowest BCUT2D eigenvalue weighted by molar-refractivity contribution is 0.276. The van der Waals surface area contributed by atoms with Crippen LogP contribution in [0.25, 0.3) is 16.9 Å². The minimum absolute atomic E-state index is 0.154. The van der Waals surface area contributed by atoms with Crippen molar-refractivity contribution in [2.45, 2.75) is 6.61 Å². The molecule has 3 rings (SSSR count). The van der Waals surface area contributed by atoms with Gasteiger partial charge in [0, 0.05) is 5.56 Å². The summed E-state index contributed by atoms with van der Waals surface area (Å²) in [5, 5.41) is 10.2. The molecule has 0 unspecified atom stereocenters. The summed E-state index contributed by atoms with van der Waals surface area (Å²) in [6, 6.07) is 13.0. The molecule has 0 aliphatic heterocycles. The number of benzene rings is 1. The fourth-order valence-corrected chi connectivity index (χ4v) is 2.57. The molecule has 0 aliphatic rings. The monoisotopic (exact) mass is 288 g/mol. The normalized spacial score (nSPS) is 10.9. The molecule has 0 fully saturated rings. The lowest BCUT2D eigenvalue weighted by Crippen LogP contribution is -1.96. The number of halogens is 1. The predicted octanol–water partition coefficient (Wildman–Crippen LogP) is 3.16. The number of hydrogen-bond donors (Lipinski definition) is 1. The second kappa shape index (κ2) is 5.15. The van der Waals surface area contributed by atoms with Gasteiger partial charge in [-0.05, 0) is 24.3 Å². The van der Waals surface area contributed by atoms with Gasteiger partial charge in [0.05, 0.1) is 25.1 Å². The molecule has 0 bridgehead atoms. The quantitative estimate of drug-likeness (QED) is 0.753. The van der Waals surface area contributed by atoms with E-state index in [0.717, 1.165) is 5.56 Å². The molecule has 2 heterocycles. The molecular formula is C15H13ClN2O2. The van der Waals surface area contributed by atoms with Crippen molar-refractivity contribution in [2.24, 2.45) is 0 Å². The molecule has 1 aromatic carbocycles. The first-order valence-corrected chi connectivity index (χ1v) is 6.54. The van der Waals surface area contributed by atoms with E-state index in [2.05, 4.69) is 4.98 Å². The molecule has 0 spiro atoms. The highest BCUT2D eigenvalue weighted by Crippen LogP contribution is 2.33. The van der Waals surface area contributed by atoms with Gasteiger partial charge in [-0.15, -0.1) is 0 Å². The van der Waals surface area contributed by atoms with Gasteiger partial charge >= 0.3 is 0 Å². The summed E-state index contributed by atoms with van der Waals surface area (Å²) in [6.45, 7) is -0.154. The van der Waals surface area contributed by atoms with E-state index in [9.17, 15) is 5.11 Å². The van der Waals surface area contributed by atoms with E-state index in [1.54, 1.807) is 17.6 Å². The van der Waals surface area contributed by atoms with Gasteiger partial charge < -0.3 is 9.84 Å². The third kappa shape index (κ3) is 1.94. The van der Waals surface area contributed by atoms with E-state index >= 15 is 0 Å². The highest BCUT2D eigenvalue weighted by molar-refractivity contribution is 6.29. The number of para-hydroxylation sites is 1. The maximum atomic E-state index is 9.69. The number of aliphatic hydroxyl groups excluding tert-OH is 1. The molecule has 0 saturated carbocycles. The number of hydrogen-bond acceptors (Lipinski definition) is 3. The topological polar surface area (TPSA) is 46.8 Å². The van der Waals surface area contributed by atoms with Crippen molar-refractivity contribution in [1.29, 1.82) is 0 Å². The number of aromatic nitrogens is 2. The van der Waals surface area contributed by atoms with Crippen molar-refractivity contribution < 1.29 is 9.84 Å². The number of imidazole rings is 1. The van der Waals surface area contributed by atoms with Crippen LogP contribution in [0.15, 0.2) is 42.5 Å². The number of methoxy groups -OCH3 is 1. The minimum atomic E-state index is -0.154. The molecule has 0 aliphatic carbocycles. The van der Waals surface area contributed by atoms with Crippen molar-refractivity contribution in [3.05, 3.63) is 53.3 Å². The van der Waals surface area contributed by atoms with E-state index in [1.807, 2.05) is 36.4 Å². The molecule has 5 heteroatoms. The number of ether oxygens (including phenoxy) is 1. The van der Waals surface area contributed by atoms with Crippen LogP contribution in [0.4, 0.5) is 0 Å². The van der Waals surface area contributed by atoms with E-state index in [-0.39, 0.29) is 6.61 Å². The number of aliphatic hydroxyl groups is 1. The molecule has 20 heavy (non-hydrogen) atoms. The van der Waals surface area contributed by atoms with Crippen LogP contribution in [0.2, 0.25) is 5.15 Å². The second-order valence-electron chi connectivity index (χ2n) is 4.31. The highest BCUT2D eigenvalue weighted by atomic mass is 35.5. The van der Waals surface area contributed by atoms with Gasteiger partial charge in [0.25, 0.3) is 0 Å². The Labute approximate surface area is 121 Å². The van der Waals surface area contributed by atoms with Crippen LogP contribution in [0, 0.1) is 0 Å². The van der Waals surface area contributed by atoms with Crippen LogP contribution in [0.1, 0.15) is 5.69 Å². The minimum Gasteiger partial charge on any atom is -0.496 e. The first kappa shape index (κ1) is 13.0. The molecule has 102 valence electrons. The highest BCUT2D eigenvalue weighted by Gasteiger charge is 2.17. The molecule has 0 atom stereocenters. The first-order chi connectivity index (χ1) is 9.76. The van der Waals surface area contributed by atoms with Gasteiger partial charge in [-0.1, -0.05) is 29.8 Å². The molecule has 1 N–H and O–H groups in total. The fourth-order valence-electron chi connectivity index (χ4n) is 2.31. The Morgan fingerprint density at radius 3 is 2.75 bits per heavy atom. The first-order valence-electron chi connectivity index (χ1n) is 6.16. The molecule has 0 radical (unpaired) electrons. The van der Waals surface area contributed by atoms with Crippen LogP contribution in [0.3, 0.4) is 0 Å². The number of nitrogens with zero attached hydrogens (tertiary/aromatic N) is 2. The summed E-state index contributed by atoms with van der Waals surface area (Å²) < 4.78 is 7.10. The van der Waals surface area contributed by atoms with Gasteiger partial charge in [-0.2, -0.15) is 0 Å². The van der Waals surface area contributed by atoms with Gasteiger partial charge in [0.15, 0.2) is 0 Å². The van der Waals surface area contributed by atoms with E-state index in [4.69, 9.17) is 16.3 Å². The molecule has 0 amide bonds. The van der Waals surface area contributed by atoms with Crippen LogP contribution in [-0.2, 0) is 6.61 Å². The lowest BCUT2D eigenvalue weighted by atomic mass is 10.1. The van der Waals surface area contributed by atoms with Crippen LogP contribution >= 0.6 is 11.6 Å². The van der Waals surface area contributed by atoms with E-state index in [1.165, 1.54) is 0 Å². The third-order valence-corrected chi connectivity index (χ3v) is 3.50. The summed E-state index contributed by atoms with van der Waals surface area (Å²) in [7, 11) is 1.61. The van der Waals surface area contributed by atoms with E-state index < -0.39 is 0 Å². The van der Waals surface area contributed by atoms with Gasteiger partial charge in [-0.25, -0.2) is 4.98 Å². The van der Waals surface area contributed by atoms with Crippen LogP contribution in [-0.4, -0.2) is 21.6 Å². The number of pyridine rings is 1. The Morgan fingerprint density at radius 1 is 1.20 bits per heavy atom. The Bertz CT molecular complexity index is 768. The maximum absolute atomic E-state index is 9.69. The smallest absolute Gasteiger partial charge is 0.138 e. The maximum Gasteiger partial charge on any atom is 0.138 e. The summed E-state index contributed by atoms with van der Waals surface area (Å²) in [5.41, 5.74) is 2.86. The summed E-state index contributed by atoms with van der Waals surface area (Å²) >= 11 is 6.20. The third-order valence-electron chi connectivity index (χ3n) is 3.20. The average Bonchev–Trinajstić information content (AvgIpc) is 2.87. The molecule has 3 aromatic rings. The largest absolute Gasteiger partial charge is 0.496 e. The summed E-state index contributed by atoms with van der Waals surface area (Å²) in [6.07, 6.45) is 0. The molecule has 0 saturated heterocycles. The Hall–Kier alpha value is -2.04. The van der Waals surface area contributed by atoms with Crippen molar-refractivity contribution in [3.63, 3.8) is 0 Å².